The minimum Gasteiger partial charge on any atom is -0.368 e. The fourth-order valence-corrected chi connectivity index (χ4v) is 3.30. The summed E-state index contributed by atoms with van der Waals surface area (Å²) < 4.78 is 22.8. The molecule has 6 nitrogen and oxygen atoms in total. The van der Waals surface area contributed by atoms with Gasteiger partial charge in [0, 0.05) is 16.3 Å². The Bertz CT molecular complexity index is 911. The number of nitrogens with zero attached hydrogens (tertiary/aromatic N) is 2. The van der Waals surface area contributed by atoms with E-state index in [4.69, 9.17) is 16.7 Å². The van der Waals surface area contributed by atoms with E-state index >= 15 is 0 Å². The van der Waals surface area contributed by atoms with Gasteiger partial charge in [0.1, 0.15) is 5.84 Å². The Hall–Kier alpha value is -1.93. The third kappa shape index (κ3) is 3.69. The monoisotopic (exact) mass is 379 g/mol. The summed E-state index contributed by atoms with van der Waals surface area (Å²) in [5.74, 6) is 0.601. The number of amidine groups is 1. The predicted octanol–water partition coefficient (Wildman–Crippen LogP) is 2.35. The third-order valence-electron chi connectivity index (χ3n) is 4.13. The quantitative estimate of drug-likeness (QED) is 0.852. The molecule has 0 radical (unpaired) electrons. The highest BCUT2D eigenvalue weighted by atomic mass is 35.5. The number of nitrogens with two attached hydrogens (primary N) is 1. The summed E-state index contributed by atoms with van der Waals surface area (Å²) in [7, 11) is -3.75. The van der Waals surface area contributed by atoms with Gasteiger partial charge in [-0.15, -0.1) is 0 Å². The van der Waals surface area contributed by atoms with E-state index in [1.807, 2.05) is 24.0 Å². The van der Waals surface area contributed by atoms with E-state index in [9.17, 15) is 13.5 Å². The first kappa shape index (κ1) is 17.9. The zero-order chi connectivity index (χ0) is 18.2. The summed E-state index contributed by atoms with van der Waals surface area (Å²) in [6.45, 7) is 2.13. The standard InChI is InChI=1S/C17H18ClN3O3S/c1-2-17(22)11-21(14-7-9-15(10-8-14)25(19,23)24)16(20-17)12-3-5-13(18)6-4-12/h3-10,22H,2,11H2,1H3,(H2,19,23,24). The van der Waals surface area contributed by atoms with Crippen molar-refractivity contribution in [3.8, 4) is 0 Å². The molecule has 0 saturated heterocycles. The molecule has 2 aromatic rings. The van der Waals surface area contributed by atoms with Crippen molar-refractivity contribution in [3.05, 3.63) is 59.1 Å². The Morgan fingerprint density at radius 3 is 2.32 bits per heavy atom. The van der Waals surface area contributed by atoms with Crippen LogP contribution in [0.3, 0.4) is 0 Å². The van der Waals surface area contributed by atoms with Gasteiger partial charge in [0.05, 0.1) is 11.4 Å². The molecule has 0 aliphatic carbocycles. The first-order chi connectivity index (χ1) is 11.7. The van der Waals surface area contributed by atoms with Gasteiger partial charge in [-0.3, -0.25) is 0 Å². The predicted molar refractivity (Wildman–Crippen MR) is 98.4 cm³/mol. The fourth-order valence-electron chi connectivity index (χ4n) is 2.66. The van der Waals surface area contributed by atoms with Crippen LogP contribution < -0.4 is 10.0 Å². The molecule has 25 heavy (non-hydrogen) atoms. The molecule has 8 heteroatoms. The van der Waals surface area contributed by atoms with Crippen LogP contribution in [0.5, 0.6) is 0 Å². The van der Waals surface area contributed by atoms with Crippen molar-refractivity contribution in [3.63, 3.8) is 0 Å². The second-order valence-electron chi connectivity index (χ2n) is 5.90. The Kier molecular flexibility index (Phi) is 4.59. The molecular weight excluding hydrogens is 362 g/mol. The molecule has 1 aliphatic heterocycles. The Balaban J connectivity index is 2.02. The third-order valence-corrected chi connectivity index (χ3v) is 5.31. The van der Waals surface area contributed by atoms with Gasteiger partial charge in [-0.25, -0.2) is 18.5 Å². The number of aliphatic hydroxyl groups is 1. The van der Waals surface area contributed by atoms with Gasteiger partial charge >= 0.3 is 0 Å². The molecule has 0 aromatic heterocycles. The lowest BCUT2D eigenvalue weighted by Crippen LogP contribution is -2.35. The zero-order valence-electron chi connectivity index (χ0n) is 13.6. The van der Waals surface area contributed by atoms with Crippen LogP contribution in [0.2, 0.25) is 5.02 Å². The summed E-state index contributed by atoms with van der Waals surface area (Å²) >= 11 is 5.94. The lowest BCUT2D eigenvalue weighted by molar-refractivity contribution is 0.0633. The van der Waals surface area contributed by atoms with Crippen molar-refractivity contribution < 1.29 is 13.5 Å². The maximum Gasteiger partial charge on any atom is 0.238 e. The van der Waals surface area contributed by atoms with E-state index in [0.29, 0.717) is 23.0 Å². The molecule has 3 N–H and O–H groups in total. The van der Waals surface area contributed by atoms with Crippen LogP contribution in [0.15, 0.2) is 58.4 Å². The van der Waals surface area contributed by atoms with Crippen molar-refractivity contribution >= 4 is 33.1 Å². The summed E-state index contributed by atoms with van der Waals surface area (Å²) in [5, 5.41) is 16.4. The molecule has 2 aromatic carbocycles. The van der Waals surface area contributed by atoms with E-state index < -0.39 is 15.7 Å². The summed E-state index contributed by atoms with van der Waals surface area (Å²) in [5.41, 5.74) is 0.322. The zero-order valence-corrected chi connectivity index (χ0v) is 15.1. The van der Waals surface area contributed by atoms with E-state index in [1.165, 1.54) is 12.1 Å². The average Bonchev–Trinajstić information content (AvgIpc) is 2.94. The maximum atomic E-state index is 11.4. The molecular formula is C17H18ClN3O3S. The number of hydrogen-bond acceptors (Lipinski definition) is 5. The number of aliphatic imine (C=N–C) groups is 1. The van der Waals surface area contributed by atoms with Crippen LogP contribution >= 0.6 is 11.6 Å². The summed E-state index contributed by atoms with van der Waals surface area (Å²) in [6, 6.07) is 13.3. The van der Waals surface area contributed by atoms with Crippen LogP contribution in [0.25, 0.3) is 0 Å². The molecule has 1 heterocycles. The largest absolute Gasteiger partial charge is 0.368 e. The van der Waals surface area contributed by atoms with Crippen molar-refractivity contribution in [1.82, 2.24) is 0 Å². The van der Waals surface area contributed by atoms with Crippen molar-refractivity contribution in [2.75, 3.05) is 11.4 Å². The van der Waals surface area contributed by atoms with Gasteiger partial charge in [0.25, 0.3) is 0 Å². The molecule has 0 saturated carbocycles. The Morgan fingerprint density at radius 1 is 1.20 bits per heavy atom. The highest BCUT2D eigenvalue weighted by Crippen LogP contribution is 2.30. The number of halogens is 1. The first-order valence-corrected chi connectivity index (χ1v) is 9.63. The van der Waals surface area contributed by atoms with Crippen LogP contribution in [-0.2, 0) is 10.0 Å². The molecule has 3 rings (SSSR count). The van der Waals surface area contributed by atoms with Crippen LogP contribution in [-0.4, -0.2) is 31.6 Å². The number of anilines is 1. The van der Waals surface area contributed by atoms with Gasteiger partial charge in [0.15, 0.2) is 5.72 Å². The molecule has 0 amide bonds. The minimum atomic E-state index is -3.75. The number of rotatable bonds is 4. The lowest BCUT2D eigenvalue weighted by atomic mass is 10.1. The second kappa shape index (κ2) is 6.42. The van der Waals surface area contributed by atoms with Crippen molar-refractivity contribution in [2.24, 2.45) is 10.1 Å². The topological polar surface area (TPSA) is 96.0 Å². The maximum absolute atomic E-state index is 11.4. The SMILES string of the molecule is CCC1(O)CN(c2ccc(S(N)(=O)=O)cc2)C(c2ccc(Cl)cc2)=N1. The molecule has 0 fully saturated rings. The summed E-state index contributed by atoms with van der Waals surface area (Å²) in [6.07, 6.45) is 0.454. The number of β-amino-alcohol motifs (C(OH)–C–C–N with tert-alkyl or cyclic N) is 1. The van der Waals surface area contributed by atoms with Gasteiger partial charge in [-0.05, 0) is 55.0 Å². The van der Waals surface area contributed by atoms with Gasteiger partial charge < -0.3 is 10.0 Å². The molecule has 0 bridgehead atoms. The van der Waals surface area contributed by atoms with Crippen LogP contribution in [0.1, 0.15) is 18.9 Å². The highest BCUT2D eigenvalue weighted by Gasteiger charge is 2.37. The van der Waals surface area contributed by atoms with Crippen LogP contribution in [0.4, 0.5) is 5.69 Å². The van der Waals surface area contributed by atoms with E-state index in [-0.39, 0.29) is 11.4 Å². The van der Waals surface area contributed by atoms with Crippen LogP contribution in [0, 0.1) is 0 Å². The number of benzene rings is 2. The van der Waals surface area contributed by atoms with Crippen molar-refractivity contribution in [2.45, 2.75) is 24.0 Å². The normalized spacial score (nSPS) is 20.6. The number of sulfonamides is 1. The molecule has 132 valence electrons. The smallest absolute Gasteiger partial charge is 0.238 e. The minimum absolute atomic E-state index is 0.0335. The Labute approximate surface area is 151 Å². The van der Waals surface area contributed by atoms with E-state index in [0.717, 1.165) is 5.56 Å². The van der Waals surface area contributed by atoms with Crippen molar-refractivity contribution in [1.29, 1.82) is 0 Å². The molecule has 1 unspecified atom stereocenters. The lowest BCUT2D eigenvalue weighted by Gasteiger charge is -2.23. The number of hydrogen-bond donors (Lipinski definition) is 2. The molecule has 0 spiro atoms. The average molecular weight is 380 g/mol. The highest BCUT2D eigenvalue weighted by molar-refractivity contribution is 7.89. The van der Waals surface area contributed by atoms with Gasteiger partial charge in [0.2, 0.25) is 10.0 Å². The van der Waals surface area contributed by atoms with E-state index in [1.54, 1.807) is 24.3 Å². The fraction of sp³-hybridized carbons (Fsp3) is 0.235. The van der Waals surface area contributed by atoms with Gasteiger partial charge in [-0.1, -0.05) is 18.5 Å². The molecule has 1 aliphatic rings. The summed E-state index contributed by atoms with van der Waals surface area (Å²) in [4.78, 5) is 6.36. The van der Waals surface area contributed by atoms with Gasteiger partial charge in [-0.2, -0.15) is 0 Å². The molecule has 1 atom stereocenters. The Morgan fingerprint density at radius 2 is 1.80 bits per heavy atom. The first-order valence-electron chi connectivity index (χ1n) is 7.70. The number of primary sulfonamides is 1. The van der Waals surface area contributed by atoms with E-state index in [2.05, 4.69) is 4.99 Å². The second-order valence-corrected chi connectivity index (χ2v) is 7.90.